The molecule has 2 saturated heterocycles. The highest BCUT2D eigenvalue weighted by atomic mass is 32.1. The van der Waals surface area contributed by atoms with Crippen molar-refractivity contribution in [3.8, 4) is 10.6 Å². The number of thiazole rings is 1. The molecule has 2 aromatic rings. The summed E-state index contributed by atoms with van der Waals surface area (Å²) >= 11 is 1.52. The molecule has 1 atom stereocenters. The van der Waals surface area contributed by atoms with Crippen molar-refractivity contribution in [3.05, 3.63) is 40.4 Å². The number of hydrogen-bond donors (Lipinski definition) is 0. The van der Waals surface area contributed by atoms with Crippen molar-refractivity contribution >= 4 is 17.2 Å². The van der Waals surface area contributed by atoms with E-state index in [0.717, 1.165) is 66.9 Å². The van der Waals surface area contributed by atoms with Crippen molar-refractivity contribution in [2.75, 3.05) is 39.3 Å². The van der Waals surface area contributed by atoms with Gasteiger partial charge in [0, 0.05) is 44.9 Å². The highest BCUT2D eigenvalue weighted by Gasteiger charge is 2.27. The molecule has 1 amide bonds. The van der Waals surface area contributed by atoms with Crippen LogP contribution in [0.25, 0.3) is 10.6 Å². The average Bonchev–Trinajstić information content (AvgIpc) is 3.38. The number of ether oxygens (including phenoxy) is 1. The first-order valence-corrected chi connectivity index (χ1v) is 11.2. The molecule has 1 aromatic carbocycles. The first kappa shape index (κ1) is 19.6. The van der Waals surface area contributed by atoms with Crippen LogP contribution in [-0.2, 0) is 11.2 Å². The Hall–Kier alpha value is -1.76. The van der Waals surface area contributed by atoms with Gasteiger partial charge in [0.05, 0.1) is 11.8 Å². The van der Waals surface area contributed by atoms with Gasteiger partial charge in [0.15, 0.2) is 0 Å². The van der Waals surface area contributed by atoms with E-state index in [2.05, 4.69) is 41.1 Å². The molecule has 2 aliphatic heterocycles. The van der Waals surface area contributed by atoms with Crippen LogP contribution in [0.3, 0.4) is 0 Å². The maximum atomic E-state index is 13.1. The highest BCUT2D eigenvalue weighted by Crippen LogP contribution is 2.29. The summed E-state index contributed by atoms with van der Waals surface area (Å²) in [5.41, 5.74) is 3.24. The molecule has 6 heteroatoms. The van der Waals surface area contributed by atoms with E-state index in [0.29, 0.717) is 6.10 Å². The third-order valence-electron chi connectivity index (χ3n) is 5.75. The minimum atomic E-state index is 0.128. The van der Waals surface area contributed by atoms with Crippen molar-refractivity contribution in [1.82, 2.24) is 14.8 Å². The zero-order chi connectivity index (χ0) is 19.5. The number of aryl methyl sites for hydroxylation is 2. The second-order valence-corrected chi connectivity index (χ2v) is 8.71. The fourth-order valence-corrected chi connectivity index (χ4v) is 4.99. The highest BCUT2D eigenvalue weighted by molar-refractivity contribution is 7.17. The predicted octanol–water partition coefficient (Wildman–Crippen LogP) is 3.62. The van der Waals surface area contributed by atoms with E-state index in [-0.39, 0.29) is 5.91 Å². The molecular weight excluding hydrogens is 370 g/mol. The molecule has 150 valence electrons. The predicted molar refractivity (Wildman–Crippen MR) is 113 cm³/mol. The Kier molecular flexibility index (Phi) is 6.09. The van der Waals surface area contributed by atoms with Crippen LogP contribution in [0, 0.1) is 6.92 Å². The molecule has 0 aliphatic carbocycles. The molecule has 5 nitrogen and oxygen atoms in total. The van der Waals surface area contributed by atoms with Crippen LogP contribution in [-0.4, -0.2) is 66.1 Å². The quantitative estimate of drug-likeness (QED) is 0.770. The van der Waals surface area contributed by atoms with Crippen LogP contribution in [0.1, 0.15) is 40.7 Å². The lowest BCUT2D eigenvalue weighted by molar-refractivity contribution is 0.0435. The summed E-state index contributed by atoms with van der Waals surface area (Å²) in [6, 6.07) is 8.49. The summed E-state index contributed by atoms with van der Waals surface area (Å²) in [6.45, 7) is 9.41. The lowest BCUT2D eigenvalue weighted by Gasteiger charge is -2.35. The molecule has 2 fully saturated rings. The number of nitrogens with zero attached hydrogens (tertiary/aromatic N) is 3. The van der Waals surface area contributed by atoms with E-state index in [1.54, 1.807) is 0 Å². The van der Waals surface area contributed by atoms with Gasteiger partial charge in [0.25, 0.3) is 5.91 Å². The first-order valence-electron chi connectivity index (χ1n) is 10.3. The third-order valence-corrected chi connectivity index (χ3v) is 6.94. The lowest BCUT2D eigenvalue weighted by Crippen LogP contribution is -2.50. The number of rotatable bonds is 5. The van der Waals surface area contributed by atoms with Gasteiger partial charge in [-0.1, -0.05) is 31.2 Å². The van der Waals surface area contributed by atoms with Gasteiger partial charge in [0.2, 0.25) is 0 Å². The molecule has 0 saturated carbocycles. The Morgan fingerprint density at radius 2 is 1.96 bits per heavy atom. The average molecular weight is 400 g/mol. The molecule has 0 bridgehead atoms. The summed E-state index contributed by atoms with van der Waals surface area (Å²) in [7, 11) is 0. The van der Waals surface area contributed by atoms with Gasteiger partial charge in [-0.05, 0) is 31.7 Å². The zero-order valence-electron chi connectivity index (χ0n) is 16.8. The van der Waals surface area contributed by atoms with Crippen molar-refractivity contribution in [3.63, 3.8) is 0 Å². The summed E-state index contributed by atoms with van der Waals surface area (Å²) in [5.74, 6) is 0.128. The number of carbonyl (C=O) groups excluding carboxylic acids is 1. The molecule has 0 radical (unpaired) electrons. The standard InChI is InChI=1S/C22H29N3O2S/c1-3-17-6-8-18(9-7-17)21-23-16(2)20(28-21)22(26)25-12-10-24(11-13-25)15-19-5-4-14-27-19/h6-9,19H,3-5,10-15H2,1-2H3. The molecule has 0 spiro atoms. The second kappa shape index (κ2) is 8.72. The van der Waals surface area contributed by atoms with Gasteiger partial charge >= 0.3 is 0 Å². The van der Waals surface area contributed by atoms with Crippen LogP contribution >= 0.6 is 11.3 Å². The molecule has 0 N–H and O–H groups in total. The summed E-state index contributed by atoms with van der Waals surface area (Å²) in [6.07, 6.45) is 3.76. The minimum absolute atomic E-state index is 0.128. The molecular formula is C22H29N3O2S. The van der Waals surface area contributed by atoms with Crippen LogP contribution in [0.2, 0.25) is 0 Å². The molecule has 1 aromatic heterocycles. The van der Waals surface area contributed by atoms with Crippen molar-refractivity contribution in [1.29, 1.82) is 0 Å². The largest absolute Gasteiger partial charge is 0.377 e. The number of carbonyl (C=O) groups is 1. The smallest absolute Gasteiger partial charge is 0.265 e. The number of amides is 1. The molecule has 3 heterocycles. The van der Waals surface area contributed by atoms with E-state index in [1.807, 2.05) is 11.8 Å². The van der Waals surface area contributed by atoms with Crippen molar-refractivity contribution < 1.29 is 9.53 Å². The lowest BCUT2D eigenvalue weighted by atomic mass is 10.1. The normalized spacial score (nSPS) is 20.6. The Morgan fingerprint density at radius 1 is 1.21 bits per heavy atom. The fraction of sp³-hybridized carbons (Fsp3) is 0.545. The Bertz CT molecular complexity index is 804. The van der Waals surface area contributed by atoms with Gasteiger partial charge < -0.3 is 9.64 Å². The summed E-state index contributed by atoms with van der Waals surface area (Å²) in [4.78, 5) is 22.9. The number of aromatic nitrogens is 1. The van der Waals surface area contributed by atoms with Crippen molar-refractivity contribution in [2.24, 2.45) is 0 Å². The van der Waals surface area contributed by atoms with Gasteiger partial charge in [-0.25, -0.2) is 4.98 Å². The maximum Gasteiger partial charge on any atom is 0.265 e. The van der Waals surface area contributed by atoms with Gasteiger partial charge in [-0.2, -0.15) is 0 Å². The topological polar surface area (TPSA) is 45.7 Å². The van der Waals surface area contributed by atoms with E-state index < -0.39 is 0 Å². The minimum Gasteiger partial charge on any atom is -0.377 e. The summed E-state index contributed by atoms with van der Waals surface area (Å²) in [5, 5.41) is 0.931. The van der Waals surface area contributed by atoms with Crippen LogP contribution in [0.5, 0.6) is 0 Å². The summed E-state index contributed by atoms with van der Waals surface area (Å²) < 4.78 is 5.75. The Balaban J connectivity index is 1.39. The fourth-order valence-electron chi connectivity index (χ4n) is 3.95. The molecule has 1 unspecified atom stereocenters. The van der Waals surface area contributed by atoms with Gasteiger partial charge in [-0.3, -0.25) is 9.69 Å². The molecule has 2 aliphatic rings. The van der Waals surface area contributed by atoms with E-state index in [9.17, 15) is 4.79 Å². The molecule has 4 rings (SSSR count). The van der Waals surface area contributed by atoms with E-state index in [1.165, 1.54) is 29.7 Å². The van der Waals surface area contributed by atoms with Gasteiger partial charge in [-0.15, -0.1) is 11.3 Å². The van der Waals surface area contributed by atoms with Crippen molar-refractivity contribution in [2.45, 2.75) is 39.2 Å². The van der Waals surface area contributed by atoms with Crippen LogP contribution < -0.4 is 0 Å². The van der Waals surface area contributed by atoms with Gasteiger partial charge in [0.1, 0.15) is 9.88 Å². The number of benzene rings is 1. The Labute approximate surface area is 171 Å². The monoisotopic (exact) mass is 399 g/mol. The van der Waals surface area contributed by atoms with Crippen LogP contribution in [0.4, 0.5) is 0 Å². The maximum absolute atomic E-state index is 13.1. The zero-order valence-corrected chi connectivity index (χ0v) is 17.6. The van der Waals surface area contributed by atoms with E-state index in [4.69, 9.17) is 4.74 Å². The molecule has 28 heavy (non-hydrogen) atoms. The van der Waals surface area contributed by atoms with Crippen LogP contribution in [0.15, 0.2) is 24.3 Å². The number of hydrogen-bond acceptors (Lipinski definition) is 5. The first-order chi connectivity index (χ1) is 13.6. The SMILES string of the molecule is CCc1ccc(-c2nc(C)c(C(=O)N3CCN(CC4CCCO4)CC3)s2)cc1. The number of piperazine rings is 1. The van der Waals surface area contributed by atoms with E-state index >= 15 is 0 Å². The Morgan fingerprint density at radius 3 is 2.61 bits per heavy atom. The third kappa shape index (κ3) is 4.29. The second-order valence-electron chi connectivity index (χ2n) is 7.71.